The van der Waals surface area contributed by atoms with E-state index in [0.29, 0.717) is 5.41 Å². The van der Waals surface area contributed by atoms with Gasteiger partial charge in [0.05, 0.1) is 5.60 Å². The molecule has 0 aromatic heterocycles. The van der Waals surface area contributed by atoms with Gasteiger partial charge in [0, 0.05) is 26.2 Å². The topological polar surface area (TPSA) is 35.5 Å². The third-order valence-electron chi connectivity index (χ3n) is 4.74. The number of nitrogens with one attached hydrogen (secondary N) is 1. The molecule has 2 N–H and O–H groups in total. The number of hydrogen-bond donors (Lipinski definition) is 2. The molecule has 1 heterocycles. The van der Waals surface area contributed by atoms with Crippen LogP contribution in [0.2, 0.25) is 0 Å². The van der Waals surface area contributed by atoms with Gasteiger partial charge in [-0.25, -0.2) is 0 Å². The molecule has 1 aliphatic rings. The van der Waals surface area contributed by atoms with E-state index in [0.717, 1.165) is 39.0 Å². The monoisotopic (exact) mass is 256 g/mol. The lowest BCUT2D eigenvalue weighted by Gasteiger charge is -2.42. The van der Waals surface area contributed by atoms with Gasteiger partial charge in [-0.1, -0.05) is 20.8 Å². The molecule has 1 rings (SSSR count). The Balaban J connectivity index is 2.51. The van der Waals surface area contributed by atoms with E-state index in [9.17, 15) is 5.11 Å². The highest BCUT2D eigenvalue weighted by Crippen LogP contribution is 2.30. The summed E-state index contributed by atoms with van der Waals surface area (Å²) in [7, 11) is 0. The first-order valence-corrected chi connectivity index (χ1v) is 7.62. The molecule has 0 aliphatic carbocycles. The minimum absolute atomic E-state index is 0.402. The molecule has 0 saturated carbocycles. The first-order valence-electron chi connectivity index (χ1n) is 7.62. The Morgan fingerprint density at radius 1 is 1.17 bits per heavy atom. The maximum absolute atomic E-state index is 10.0. The number of piperidine rings is 1. The highest BCUT2D eigenvalue weighted by molar-refractivity contribution is 4.87. The van der Waals surface area contributed by atoms with Crippen LogP contribution in [0.1, 0.15) is 53.4 Å². The fraction of sp³-hybridized carbons (Fsp3) is 1.00. The third-order valence-corrected chi connectivity index (χ3v) is 4.74. The summed E-state index contributed by atoms with van der Waals surface area (Å²) in [6.45, 7) is 14.2. The van der Waals surface area contributed by atoms with Gasteiger partial charge in [-0.15, -0.1) is 0 Å². The molecule has 3 heteroatoms. The highest BCUT2D eigenvalue weighted by atomic mass is 16.3. The lowest BCUT2D eigenvalue weighted by atomic mass is 9.80. The molecule has 0 spiro atoms. The highest BCUT2D eigenvalue weighted by Gasteiger charge is 2.33. The summed E-state index contributed by atoms with van der Waals surface area (Å²) in [6, 6.07) is 0. The largest absolute Gasteiger partial charge is 0.390 e. The average molecular weight is 256 g/mol. The number of hydrogen-bond acceptors (Lipinski definition) is 3. The van der Waals surface area contributed by atoms with Crippen molar-refractivity contribution in [1.82, 2.24) is 10.2 Å². The normalized spacial score (nSPS) is 21.2. The average Bonchev–Trinajstić information content (AvgIpc) is 2.37. The van der Waals surface area contributed by atoms with Crippen LogP contribution >= 0.6 is 0 Å². The molecule has 18 heavy (non-hydrogen) atoms. The van der Waals surface area contributed by atoms with Crippen molar-refractivity contribution in [2.24, 2.45) is 5.41 Å². The second kappa shape index (κ2) is 6.88. The van der Waals surface area contributed by atoms with Crippen LogP contribution in [0.5, 0.6) is 0 Å². The molecule has 108 valence electrons. The van der Waals surface area contributed by atoms with Crippen LogP contribution < -0.4 is 5.32 Å². The fourth-order valence-electron chi connectivity index (χ4n) is 2.84. The number of aliphatic hydroxyl groups is 1. The van der Waals surface area contributed by atoms with E-state index in [-0.39, 0.29) is 0 Å². The smallest absolute Gasteiger partial charge is 0.0644 e. The van der Waals surface area contributed by atoms with Crippen molar-refractivity contribution in [2.75, 3.05) is 32.7 Å². The van der Waals surface area contributed by atoms with E-state index in [1.807, 2.05) is 6.92 Å². The zero-order chi connectivity index (χ0) is 13.6. The molecule has 0 aromatic carbocycles. The molecule has 3 nitrogen and oxygen atoms in total. The van der Waals surface area contributed by atoms with E-state index >= 15 is 0 Å². The number of likely N-dealkylation sites (tertiary alicyclic amines) is 1. The van der Waals surface area contributed by atoms with Crippen LogP contribution in [0.25, 0.3) is 0 Å². The minimum atomic E-state index is -0.431. The summed E-state index contributed by atoms with van der Waals surface area (Å²) in [5.41, 5.74) is -0.0293. The van der Waals surface area contributed by atoms with E-state index < -0.39 is 5.60 Å². The summed E-state index contributed by atoms with van der Waals surface area (Å²) < 4.78 is 0. The van der Waals surface area contributed by atoms with Gasteiger partial charge in [0.1, 0.15) is 0 Å². The Kier molecular flexibility index (Phi) is 6.09. The van der Waals surface area contributed by atoms with Crippen molar-refractivity contribution in [3.63, 3.8) is 0 Å². The SMILES string of the molecule is CCNCC(CC)(CC)CN1CCC(C)(O)CC1. The molecule has 1 aliphatic heterocycles. The van der Waals surface area contributed by atoms with Crippen molar-refractivity contribution in [3.05, 3.63) is 0 Å². The van der Waals surface area contributed by atoms with Crippen LogP contribution in [-0.2, 0) is 0 Å². The Labute approximate surface area is 113 Å². The summed E-state index contributed by atoms with van der Waals surface area (Å²) in [6.07, 6.45) is 4.28. The van der Waals surface area contributed by atoms with Crippen LogP contribution in [0.3, 0.4) is 0 Å². The van der Waals surface area contributed by atoms with Gasteiger partial charge in [-0.05, 0) is 44.6 Å². The van der Waals surface area contributed by atoms with Gasteiger partial charge in [0.15, 0.2) is 0 Å². The standard InChI is InChI=1S/C15H32N2O/c1-5-15(6-2,12-16-7-3)13-17-10-8-14(4,18)9-11-17/h16,18H,5-13H2,1-4H3. The number of rotatable bonds is 7. The fourth-order valence-corrected chi connectivity index (χ4v) is 2.84. The van der Waals surface area contributed by atoms with E-state index in [4.69, 9.17) is 0 Å². The van der Waals surface area contributed by atoms with Crippen molar-refractivity contribution in [2.45, 2.75) is 59.0 Å². The molecule has 1 fully saturated rings. The van der Waals surface area contributed by atoms with Crippen LogP contribution in [0, 0.1) is 5.41 Å². The molecular formula is C15H32N2O. The molecule has 0 unspecified atom stereocenters. The molecule has 0 atom stereocenters. The van der Waals surface area contributed by atoms with Crippen molar-refractivity contribution < 1.29 is 5.11 Å². The van der Waals surface area contributed by atoms with Crippen molar-refractivity contribution in [1.29, 1.82) is 0 Å². The summed E-state index contributed by atoms with van der Waals surface area (Å²) in [4.78, 5) is 2.54. The Bertz CT molecular complexity index is 227. The number of nitrogens with zero attached hydrogens (tertiary/aromatic N) is 1. The summed E-state index contributed by atoms with van der Waals surface area (Å²) in [5.74, 6) is 0. The van der Waals surface area contributed by atoms with Crippen LogP contribution in [0.4, 0.5) is 0 Å². The predicted molar refractivity (Wildman–Crippen MR) is 77.9 cm³/mol. The molecule has 0 aromatic rings. The van der Waals surface area contributed by atoms with E-state index in [2.05, 4.69) is 31.0 Å². The van der Waals surface area contributed by atoms with Gasteiger partial charge < -0.3 is 15.3 Å². The lowest BCUT2D eigenvalue weighted by Crippen LogP contribution is -2.49. The Hall–Kier alpha value is -0.120. The second-order valence-electron chi connectivity index (χ2n) is 6.26. The van der Waals surface area contributed by atoms with Crippen LogP contribution in [0.15, 0.2) is 0 Å². The van der Waals surface area contributed by atoms with Crippen molar-refractivity contribution >= 4 is 0 Å². The summed E-state index contributed by atoms with van der Waals surface area (Å²) >= 11 is 0. The maximum atomic E-state index is 10.0. The molecule has 0 radical (unpaired) electrons. The second-order valence-corrected chi connectivity index (χ2v) is 6.26. The first-order chi connectivity index (χ1) is 8.47. The maximum Gasteiger partial charge on any atom is 0.0644 e. The van der Waals surface area contributed by atoms with Gasteiger partial charge in [-0.3, -0.25) is 0 Å². The third kappa shape index (κ3) is 4.52. The summed E-state index contributed by atoms with van der Waals surface area (Å²) in [5, 5.41) is 13.5. The van der Waals surface area contributed by atoms with Gasteiger partial charge in [0.25, 0.3) is 0 Å². The molecule has 0 bridgehead atoms. The zero-order valence-corrected chi connectivity index (χ0v) is 12.8. The molecule has 0 amide bonds. The predicted octanol–water partition coefficient (Wildman–Crippen LogP) is 2.25. The van der Waals surface area contributed by atoms with Gasteiger partial charge >= 0.3 is 0 Å². The zero-order valence-electron chi connectivity index (χ0n) is 12.8. The minimum Gasteiger partial charge on any atom is -0.390 e. The Morgan fingerprint density at radius 2 is 1.72 bits per heavy atom. The van der Waals surface area contributed by atoms with Crippen molar-refractivity contribution in [3.8, 4) is 0 Å². The quantitative estimate of drug-likeness (QED) is 0.733. The Morgan fingerprint density at radius 3 is 2.17 bits per heavy atom. The molecular weight excluding hydrogens is 224 g/mol. The molecule has 1 saturated heterocycles. The van der Waals surface area contributed by atoms with Crippen LogP contribution in [-0.4, -0.2) is 48.3 Å². The van der Waals surface area contributed by atoms with E-state index in [1.165, 1.54) is 19.4 Å². The van der Waals surface area contributed by atoms with Gasteiger partial charge in [-0.2, -0.15) is 0 Å². The van der Waals surface area contributed by atoms with E-state index in [1.54, 1.807) is 0 Å². The lowest BCUT2D eigenvalue weighted by molar-refractivity contribution is -0.0169. The first kappa shape index (κ1) is 15.9. The van der Waals surface area contributed by atoms with Gasteiger partial charge in [0.2, 0.25) is 0 Å².